The summed E-state index contributed by atoms with van der Waals surface area (Å²) in [6.07, 6.45) is 1.55. The minimum atomic E-state index is 0.262. The van der Waals surface area contributed by atoms with Crippen molar-refractivity contribution in [2.24, 2.45) is 0 Å². The normalized spacial score (nSPS) is 8.92. The number of nitrogens with zero attached hydrogens (tertiary/aromatic N) is 1. The molecular formula is C8H4Cl3N. The van der Waals surface area contributed by atoms with Crippen molar-refractivity contribution in [3.05, 3.63) is 28.0 Å². The zero-order valence-corrected chi connectivity index (χ0v) is 8.21. The van der Waals surface area contributed by atoms with Crippen LogP contribution in [0.2, 0.25) is 10.2 Å². The summed E-state index contributed by atoms with van der Waals surface area (Å²) in [6.45, 7) is 0. The van der Waals surface area contributed by atoms with Crippen LogP contribution < -0.4 is 0 Å². The van der Waals surface area contributed by atoms with Crippen molar-refractivity contribution in [3.63, 3.8) is 0 Å². The van der Waals surface area contributed by atoms with E-state index in [0.29, 0.717) is 10.6 Å². The lowest BCUT2D eigenvalue weighted by atomic mass is 10.3. The van der Waals surface area contributed by atoms with E-state index in [2.05, 4.69) is 16.8 Å². The Morgan fingerprint density at radius 1 is 1.42 bits per heavy atom. The summed E-state index contributed by atoms with van der Waals surface area (Å²) < 4.78 is 0. The molecule has 0 fully saturated rings. The third-order valence-electron chi connectivity index (χ3n) is 1.14. The summed E-state index contributed by atoms with van der Waals surface area (Å²) in [6, 6.07) is 1.69. The largest absolute Gasteiger partial charge is 0.243 e. The third-order valence-corrected chi connectivity index (χ3v) is 2.04. The van der Waals surface area contributed by atoms with E-state index in [0.717, 1.165) is 0 Å². The van der Waals surface area contributed by atoms with E-state index in [-0.39, 0.29) is 11.0 Å². The van der Waals surface area contributed by atoms with Crippen molar-refractivity contribution in [2.75, 3.05) is 5.88 Å². The maximum atomic E-state index is 5.79. The van der Waals surface area contributed by atoms with Gasteiger partial charge in [-0.2, -0.15) is 0 Å². The molecule has 0 saturated heterocycles. The van der Waals surface area contributed by atoms with Crippen molar-refractivity contribution in [3.8, 4) is 11.8 Å². The smallest absolute Gasteiger partial charge is 0.148 e. The molecule has 0 aliphatic carbocycles. The predicted octanol–water partition coefficient (Wildman–Crippen LogP) is 2.98. The van der Waals surface area contributed by atoms with Crippen LogP contribution in [0.5, 0.6) is 0 Å². The molecule has 4 heteroatoms. The topological polar surface area (TPSA) is 12.9 Å². The first kappa shape index (κ1) is 9.67. The van der Waals surface area contributed by atoms with Gasteiger partial charge in [0, 0.05) is 11.8 Å². The third kappa shape index (κ3) is 2.28. The maximum absolute atomic E-state index is 5.79. The Balaban J connectivity index is 3.08. The highest BCUT2D eigenvalue weighted by molar-refractivity contribution is 6.41. The minimum absolute atomic E-state index is 0.262. The van der Waals surface area contributed by atoms with Gasteiger partial charge in [0.1, 0.15) is 5.15 Å². The van der Waals surface area contributed by atoms with Crippen molar-refractivity contribution >= 4 is 34.8 Å². The highest BCUT2D eigenvalue weighted by atomic mass is 35.5. The van der Waals surface area contributed by atoms with Crippen molar-refractivity contribution in [1.82, 2.24) is 4.98 Å². The van der Waals surface area contributed by atoms with Crippen LogP contribution in [0.25, 0.3) is 0 Å². The van der Waals surface area contributed by atoms with Crippen LogP contribution in [-0.4, -0.2) is 10.9 Å². The molecule has 0 unspecified atom stereocenters. The Hall–Kier alpha value is -0.420. The first-order valence-corrected chi connectivity index (χ1v) is 4.39. The van der Waals surface area contributed by atoms with Gasteiger partial charge in [-0.25, -0.2) is 4.98 Å². The quantitative estimate of drug-likeness (QED) is 0.372. The summed E-state index contributed by atoms with van der Waals surface area (Å²) in [4.78, 5) is 3.78. The number of hydrogen-bond donors (Lipinski definition) is 0. The molecule has 0 aliphatic rings. The Labute approximate surface area is 85.7 Å². The van der Waals surface area contributed by atoms with Crippen LogP contribution in [0.1, 0.15) is 5.56 Å². The molecule has 0 N–H and O–H groups in total. The summed E-state index contributed by atoms with van der Waals surface area (Å²) >= 11 is 16.8. The summed E-state index contributed by atoms with van der Waals surface area (Å²) in [5.41, 5.74) is 0.650. The lowest BCUT2D eigenvalue weighted by Crippen LogP contribution is -1.81. The van der Waals surface area contributed by atoms with Gasteiger partial charge >= 0.3 is 0 Å². The van der Waals surface area contributed by atoms with Crippen LogP contribution in [0.4, 0.5) is 0 Å². The molecular weight excluding hydrogens is 216 g/mol. The number of rotatable bonds is 0. The number of pyridine rings is 1. The molecule has 0 aliphatic heterocycles. The van der Waals surface area contributed by atoms with Crippen LogP contribution in [-0.2, 0) is 0 Å². The molecule has 1 aromatic rings. The van der Waals surface area contributed by atoms with E-state index in [1.807, 2.05) is 0 Å². The van der Waals surface area contributed by atoms with E-state index in [9.17, 15) is 0 Å². The van der Waals surface area contributed by atoms with E-state index in [1.54, 1.807) is 12.3 Å². The highest BCUT2D eigenvalue weighted by Crippen LogP contribution is 2.21. The monoisotopic (exact) mass is 219 g/mol. The van der Waals surface area contributed by atoms with Crippen LogP contribution in [0, 0.1) is 11.8 Å². The molecule has 1 aromatic heterocycles. The van der Waals surface area contributed by atoms with Gasteiger partial charge in [0.2, 0.25) is 0 Å². The molecule has 1 nitrogen and oxygen atoms in total. The van der Waals surface area contributed by atoms with E-state index in [4.69, 9.17) is 34.8 Å². The number of hydrogen-bond acceptors (Lipinski definition) is 1. The fourth-order valence-corrected chi connectivity index (χ4v) is 1.03. The SMILES string of the molecule is ClCC#Cc1ccnc(Cl)c1Cl. The van der Waals surface area contributed by atoms with Gasteiger partial charge in [0.15, 0.2) is 0 Å². The van der Waals surface area contributed by atoms with Gasteiger partial charge in [0.25, 0.3) is 0 Å². The predicted molar refractivity (Wildman–Crippen MR) is 51.9 cm³/mol. The highest BCUT2D eigenvalue weighted by Gasteiger charge is 2.01. The standard InChI is InChI=1S/C8H4Cl3N/c9-4-1-2-6-3-5-12-8(11)7(6)10/h3,5H,4H2. The summed E-state index contributed by atoms with van der Waals surface area (Å²) in [5, 5.41) is 0.634. The zero-order valence-electron chi connectivity index (χ0n) is 5.94. The molecule has 0 bridgehead atoms. The number of alkyl halides is 1. The average Bonchev–Trinajstić information content (AvgIpc) is 2.08. The van der Waals surface area contributed by atoms with Gasteiger partial charge in [-0.3, -0.25) is 0 Å². The van der Waals surface area contributed by atoms with E-state index < -0.39 is 0 Å². The van der Waals surface area contributed by atoms with Crippen molar-refractivity contribution in [2.45, 2.75) is 0 Å². The molecule has 0 amide bonds. The van der Waals surface area contributed by atoms with Crippen LogP contribution in [0.3, 0.4) is 0 Å². The lowest BCUT2D eigenvalue weighted by molar-refractivity contribution is 1.32. The van der Waals surface area contributed by atoms with Crippen molar-refractivity contribution < 1.29 is 0 Å². The van der Waals surface area contributed by atoms with Gasteiger partial charge < -0.3 is 0 Å². The Morgan fingerprint density at radius 2 is 2.17 bits per heavy atom. The maximum Gasteiger partial charge on any atom is 0.148 e. The average molecular weight is 220 g/mol. The Bertz CT molecular complexity index is 338. The number of halogens is 3. The summed E-state index contributed by atoms with van der Waals surface area (Å²) in [7, 11) is 0. The summed E-state index contributed by atoms with van der Waals surface area (Å²) in [5.74, 6) is 5.72. The van der Waals surface area contributed by atoms with Gasteiger partial charge in [-0.1, -0.05) is 35.0 Å². The van der Waals surface area contributed by atoms with Crippen LogP contribution >= 0.6 is 34.8 Å². The zero-order chi connectivity index (χ0) is 8.97. The molecule has 0 saturated carbocycles. The second-order valence-corrected chi connectivity index (χ2v) is 2.90. The van der Waals surface area contributed by atoms with E-state index in [1.165, 1.54) is 0 Å². The van der Waals surface area contributed by atoms with Gasteiger partial charge in [-0.15, -0.1) is 11.6 Å². The van der Waals surface area contributed by atoms with E-state index >= 15 is 0 Å². The second kappa shape index (κ2) is 4.57. The molecule has 62 valence electrons. The molecule has 0 spiro atoms. The minimum Gasteiger partial charge on any atom is -0.243 e. The first-order chi connectivity index (χ1) is 5.75. The molecule has 0 atom stereocenters. The first-order valence-electron chi connectivity index (χ1n) is 3.10. The van der Waals surface area contributed by atoms with Gasteiger partial charge in [-0.05, 0) is 6.07 Å². The Morgan fingerprint density at radius 3 is 2.83 bits per heavy atom. The second-order valence-electron chi connectivity index (χ2n) is 1.90. The Kier molecular flexibility index (Phi) is 3.68. The molecule has 0 aromatic carbocycles. The molecule has 1 heterocycles. The molecule has 1 rings (SSSR count). The fourth-order valence-electron chi connectivity index (χ4n) is 0.643. The molecule has 0 radical (unpaired) electrons. The van der Waals surface area contributed by atoms with Crippen LogP contribution in [0.15, 0.2) is 12.3 Å². The van der Waals surface area contributed by atoms with Gasteiger partial charge in [0.05, 0.1) is 10.9 Å². The molecule has 12 heavy (non-hydrogen) atoms. The lowest BCUT2D eigenvalue weighted by Gasteiger charge is -1.95. The van der Waals surface area contributed by atoms with Crippen molar-refractivity contribution in [1.29, 1.82) is 0 Å². The number of aromatic nitrogens is 1. The fraction of sp³-hybridized carbons (Fsp3) is 0.125.